The van der Waals surface area contributed by atoms with E-state index in [2.05, 4.69) is 10.6 Å². The second-order valence-corrected chi connectivity index (χ2v) is 9.72. The third-order valence-electron chi connectivity index (χ3n) is 5.96. The van der Waals surface area contributed by atoms with Gasteiger partial charge in [0.1, 0.15) is 5.25 Å². The zero-order valence-corrected chi connectivity index (χ0v) is 20.7. The summed E-state index contributed by atoms with van der Waals surface area (Å²) < 4.78 is 0. The maximum atomic E-state index is 13.7. The Bertz CT molecular complexity index is 1550. The van der Waals surface area contributed by atoms with Crippen LogP contribution in [0.25, 0.3) is 0 Å². The van der Waals surface area contributed by atoms with E-state index in [4.69, 9.17) is 0 Å². The first-order valence-electron chi connectivity index (χ1n) is 11.6. The summed E-state index contributed by atoms with van der Waals surface area (Å²) in [6.07, 6.45) is 0. The topological polar surface area (TPSA) is 92.3 Å². The molecule has 0 saturated carbocycles. The van der Waals surface area contributed by atoms with Gasteiger partial charge in [-0.3, -0.25) is 19.2 Å². The molecule has 2 N–H and O–H groups in total. The third kappa shape index (κ3) is 4.94. The first-order chi connectivity index (χ1) is 17.9. The van der Waals surface area contributed by atoms with Crippen LogP contribution in [0, 0.1) is 0 Å². The van der Waals surface area contributed by atoms with Crippen LogP contribution in [0.5, 0.6) is 0 Å². The van der Waals surface area contributed by atoms with E-state index >= 15 is 0 Å². The quantitative estimate of drug-likeness (QED) is 0.280. The van der Waals surface area contributed by atoms with E-state index in [1.54, 1.807) is 54.6 Å². The maximum Gasteiger partial charge on any atom is 0.242 e. The molecule has 5 rings (SSSR count). The Balaban J connectivity index is 1.49. The number of hydrogen-bond acceptors (Lipinski definition) is 5. The van der Waals surface area contributed by atoms with Gasteiger partial charge < -0.3 is 10.6 Å². The molecule has 4 aromatic carbocycles. The number of amides is 2. The summed E-state index contributed by atoms with van der Waals surface area (Å²) in [6, 6.07) is 28.2. The second kappa shape index (κ2) is 10.2. The van der Waals surface area contributed by atoms with E-state index < -0.39 is 5.25 Å². The van der Waals surface area contributed by atoms with Gasteiger partial charge in [0.05, 0.1) is 11.3 Å². The fourth-order valence-electron chi connectivity index (χ4n) is 4.33. The molecule has 7 heteroatoms. The molecule has 0 radical (unpaired) electrons. The van der Waals surface area contributed by atoms with Crippen LogP contribution in [0.2, 0.25) is 0 Å². The SMILES string of the molecule is CC(=O)Nc1cccc(SC(C(=O)Nc2cccc3c2C(=O)c2ccccc2C3=O)c2ccccc2)c1. The molecule has 0 aromatic heterocycles. The van der Waals surface area contributed by atoms with E-state index in [9.17, 15) is 19.2 Å². The number of nitrogens with one attached hydrogen (secondary N) is 2. The maximum absolute atomic E-state index is 13.7. The molecular formula is C30H22N2O4S. The molecule has 182 valence electrons. The monoisotopic (exact) mass is 506 g/mol. The van der Waals surface area contributed by atoms with Crippen molar-refractivity contribution in [2.45, 2.75) is 17.1 Å². The predicted octanol–water partition coefficient (Wildman–Crippen LogP) is 5.89. The summed E-state index contributed by atoms with van der Waals surface area (Å²) in [5, 5.41) is 5.01. The average molecular weight is 507 g/mol. The minimum atomic E-state index is -0.661. The number of benzene rings is 4. The Hall–Kier alpha value is -4.49. The molecule has 0 fully saturated rings. The molecule has 4 aromatic rings. The Morgan fingerprint density at radius 1 is 0.703 bits per heavy atom. The fraction of sp³-hybridized carbons (Fsp3) is 0.0667. The van der Waals surface area contributed by atoms with Gasteiger partial charge in [-0.2, -0.15) is 0 Å². The van der Waals surface area contributed by atoms with Crippen molar-refractivity contribution in [2.75, 3.05) is 10.6 Å². The Kier molecular flexibility index (Phi) is 6.70. The van der Waals surface area contributed by atoms with Crippen molar-refractivity contribution >= 4 is 46.5 Å². The Labute approximate surface area is 218 Å². The van der Waals surface area contributed by atoms with Gasteiger partial charge in [-0.15, -0.1) is 11.8 Å². The van der Waals surface area contributed by atoms with Crippen molar-refractivity contribution in [3.8, 4) is 0 Å². The van der Waals surface area contributed by atoms with Crippen LogP contribution in [0.15, 0.2) is 102 Å². The van der Waals surface area contributed by atoms with Gasteiger partial charge in [0.25, 0.3) is 0 Å². The van der Waals surface area contributed by atoms with Gasteiger partial charge in [0, 0.05) is 34.2 Å². The normalized spacial score (nSPS) is 12.8. The zero-order valence-electron chi connectivity index (χ0n) is 19.9. The molecule has 1 aliphatic rings. The molecule has 6 nitrogen and oxygen atoms in total. The lowest BCUT2D eigenvalue weighted by Crippen LogP contribution is -2.25. The minimum absolute atomic E-state index is 0.186. The van der Waals surface area contributed by atoms with Crippen LogP contribution in [0.1, 0.15) is 49.6 Å². The lowest BCUT2D eigenvalue weighted by atomic mass is 9.83. The molecule has 0 saturated heterocycles. The van der Waals surface area contributed by atoms with E-state index in [-0.39, 0.29) is 34.5 Å². The summed E-state index contributed by atoms with van der Waals surface area (Å²) >= 11 is 1.32. The highest BCUT2D eigenvalue weighted by atomic mass is 32.2. The molecule has 2 amide bonds. The molecule has 1 atom stereocenters. The number of rotatable bonds is 6. The van der Waals surface area contributed by atoms with Crippen LogP contribution in [0.3, 0.4) is 0 Å². The van der Waals surface area contributed by atoms with Gasteiger partial charge >= 0.3 is 0 Å². The predicted molar refractivity (Wildman–Crippen MR) is 144 cm³/mol. The lowest BCUT2D eigenvalue weighted by molar-refractivity contribution is -0.116. The second-order valence-electron chi connectivity index (χ2n) is 8.54. The molecule has 0 aliphatic heterocycles. The number of fused-ring (bicyclic) bond motifs is 2. The van der Waals surface area contributed by atoms with Gasteiger partial charge in [-0.05, 0) is 29.8 Å². The van der Waals surface area contributed by atoms with Gasteiger partial charge in [0.15, 0.2) is 11.6 Å². The standard InChI is InChI=1S/C30H22N2O4S/c1-18(33)31-20-11-7-12-21(17-20)37-29(19-9-3-2-4-10-19)30(36)32-25-16-8-15-24-26(25)28(35)23-14-6-5-13-22(23)27(24)34/h2-17,29H,1H3,(H,31,33)(H,32,36). The highest BCUT2D eigenvalue weighted by Gasteiger charge is 2.32. The molecule has 1 unspecified atom stereocenters. The molecule has 1 aliphatic carbocycles. The fourth-order valence-corrected chi connectivity index (χ4v) is 5.42. The minimum Gasteiger partial charge on any atom is -0.326 e. The van der Waals surface area contributed by atoms with Crippen LogP contribution < -0.4 is 10.6 Å². The van der Waals surface area contributed by atoms with Crippen molar-refractivity contribution in [2.24, 2.45) is 0 Å². The first kappa shape index (κ1) is 24.2. The van der Waals surface area contributed by atoms with Crippen LogP contribution in [-0.2, 0) is 9.59 Å². The number of anilines is 2. The summed E-state index contributed by atoms with van der Waals surface area (Å²) in [4.78, 5) is 52.4. The third-order valence-corrected chi connectivity index (χ3v) is 7.21. The Morgan fingerprint density at radius 2 is 1.35 bits per heavy atom. The first-order valence-corrected chi connectivity index (χ1v) is 12.5. The van der Waals surface area contributed by atoms with Crippen LogP contribution in [0.4, 0.5) is 11.4 Å². The summed E-state index contributed by atoms with van der Waals surface area (Å²) in [6.45, 7) is 1.44. The smallest absolute Gasteiger partial charge is 0.242 e. The van der Waals surface area contributed by atoms with E-state index in [1.165, 1.54) is 18.7 Å². The van der Waals surface area contributed by atoms with E-state index in [0.717, 1.165) is 10.5 Å². The zero-order chi connectivity index (χ0) is 25.9. The van der Waals surface area contributed by atoms with Gasteiger partial charge in [-0.1, -0.05) is 72.8 Å². The lowest BCUT2D eigenvalue weighted by Gasteiger charge is -2.22. The number of carbonyl (C=O) groups excluding carboxylic acids is 4. The number of ketones is 2. The van der Waals surface area contributed by atoms with Crippen LogP contribution >= 0.6 is 11.8 Å². The van der Waals surface area contributed by atoms with Gasteiger partial charge in [0.2, 0.25) is 11.8 Å². The number of thioether (sulfide) groups is 1. The number of hydrogen-bond donors (Lipinski definition) is 2. The summed E-state index contributed by atoms with van der Waals surface area (Å²) in [5.74, 6) is -1.07. The van der Waals surface area contributed by atoms with Crippen molar-refractivity contribution in [3.05, 3.63) is 125 Å². The van der Waals surface area contributed by atoms with E-state index in [0.29, 0.717) is 22.5 Å². The van der Waals surface area contributed by atoms with Crippen molar-refractivity contribution in [1.82, 2.24) is 0 Å². The van der Waals surface area contributed by atoms with Crippen molar-refractivity contribution in [3.63, 3.8) is 0 Å². The highest BCUT2D eigenvalue weighted by Crippen LogP contribution is 2.38. The highest BCUT2D eigenvalue weighted by molar-refractivity contribution is 8.00. The van der Waals surface area contributed by atoms with Gasteiger partial charge in [-0.25, -0.2) is 0 Å². The number of carbonyl (C=O) groups is 4. The van der Waals surface area contributed by atoms with Crippen LogP contribution in [-0.4, -0.2) is 23.4 Å². The molecule has 0 heterocycles. The Morgan fingerprint density at radius 3 is 2.08 bits per heavy atom. The molecule has 0 spiro atoms. The average Bonchev–Trinajstić information content (AvgIpc) is 2.90. The van der Waals surface area contributed by atoms with E-state index in [1.807, 2.05) is 42.5 Å². The molecule has 0 bridgehead atoms. The summed E-state index contributed by atoms with van der Waals surface area (Å²) in [7, 11) is 0. The largest absolute Gasteiger partial charge is 0.326 e. The molecule has 37 heavy (non-hydrogen) atoms. The molecular weight excluding hydrogens is 484 g/mol. The van der Waals surface area contributed by atoms with Crippen molar-refractivity contribution < 1.29 is 19.2 Å². The summed E-state index contributed by atoms with van der Waals surface area (Å²) in [5.41, 5.74) is 2.85. The van der Waals surface area contributed by atoms with Crippen molar-refractivity contribution in [1.29, 1.82) is 0 Å².